The molecule has 2 rings (SSSR count). The van der Waals surface area contributed by atoms with Gasteiger partial charge in [0.2, 0.25) is 11.8 Å². The van der Waals surface area contributed by atoms with Crippen molar-refractivity contribution in [2.75, 3.05) is 18.0 Å². The minimum absolute atomic E-state index is 0.00254. The first-order valence-corrected chi connectivity index (χ1v) is 6.58. The van der Waals surface area contributed by atoms with Crippen LogP contribution in [0.4, 0.5) is 11.4 Å². The van der Waals surface area contributed by atoms with E-state index in [0.29, 0.717) is 13.0 Å². The van der Waals surface area contributed by atoms with Crippen LogP contribution in [0.1, 0.15) is 12.8 Å². The number of carbonyl (C=O) groups is 2. The molecule has 1 fully saturated rings. The first kappa shape index (κ1) is 14.9. The number of amides is 2. The number of carbonyl (C=O) groups excluding carboxylic acids is 2. The molecule has 1 unspecified atom stereocenters. The van der Waals surface area contributed by atoms with E-state index < -0.39 is 16.9 Å². The van der Waals surface area contributed by atoms with Gasteiger partial charge in [0, 0.05) is 24.4 Å². The third-order valence-corrected chi connectivity index (χ3v) is 3.40. The molecule has 1 aliphatic rings. The van der Waals surface area contributed by atoms with Crippen LogP contribution in [0.25, 0.3) is 0 Å². The van der Waals surface area contributed by atoms with Crippen molar-refractivity contribution in [2.24, 2.45) is 5.73 Å². The molecule has 0 aliphatic carbocycles. The standard InChI is InChI=1S/C13H16N4O4/c14-8-12(18)15-13(19)11-2-1-7-16(11)9-3-5-10(6-4-9)17(20)21/h3-6,11H,1-2,7-8,14H2,(H,15,18,19). The molecule has 8 heteroatoms. The van der Waals surface area contributed by atoms with Gasteiger partial charge in [-0.05, 0) is 25.0 Å². The third kappa shape index (κ3) is 3.34. The van der Waals surface area contributed by atoms with Crippen LogP contribution in [0, 0.1) is 10.1 Å². The van der Waals surface area contributed by atoms with Crippen LogP contribution in [0.2, 0.25) is 0 Å². The van der Waals surface area contributed by atoms with Gasteiger partial charge in [-0.15, -0.1) is 0 Å². The highest BCUT2D eigenvalue weighted by Crippen LogP contribution is 2.27. The lowest BCUT2D eigenvalue weighted by atomic mass is 10.2. The second kappa shape index (κ2) is 6.31. The summed E-state index contributed by atoms with van der Waals surface area (Å²) in [6.45, 7) is 0.419. The number of imide groups is 1. The highest BCUT2D eigenvalue weighted by atomic mass is 16.6. The second-order valence-corrected chi connectivity index (χ2v) is 4.74. The van der Waals surface area contributed by atoms with E-state index in [1.165, 1.54) is 12.1 Å². The Balaban J connectivity index is 2.12. The average Bonchev–Trinajstić information content (AvgIpc) is 2.96. The number of hydrogen-bond acceptors (Lipinski definition) is 6. The number of nitro groups is 1. The Hall–Kier alpha value is -2.48. The van der Waals surface area contributed by atoms with Crippen molar-refractivity contribution < 1.29 is 14.5 Å². The third-order valence-electron chi connectivity index (χ3n) is 3.40. The minimum atomic E-state index is -0.518. The smallest absolute Gasteiger partial charge is 0.269 e. The molecule has 21 heavy (non-hydrogen) atoms. The van der Waals surface area contributed by atoms with E-state index in [-0.39, 0.29) is 18.1 Å². The number of anilines is 1. The SMILES string of the molecule is NCC(=O)NC(=O)C1CCCN1c1ccc([N+](=O)[O-])cc1. The minimum Gasteiger partial charge on any atom is -0.360 e. The molecular formula is C13H16N4O4. The molecule has 1 aliphatic heterocycles. The molecule has 1 atom stereocenters. The number of benzene rings is 1. The van der Waals surface area contributed by atoms with Crippen molar-refractivity contribution in [3.63, 3.8) is 0 Å². The molecule has 112 valence electrons. The zero-order valence-electron chi connectivity index (χ0n) is 11.3. The number of rotatable bonds is 4. The monoisotopic (exact) mass is 292 g/mol. The summed E-state index contributed by atoms with van der Waals surface area (Å²) < 4.78 is 0. The highest BCUT2D eigenvalue weighted by Gasteiger charge is 2.31. The van der Waals surface area contributed by atoms with Crippen molar-refractivity contribution in [3.8, 4) is 0 Å². The molecule has 0 radical (unpaired) electrons. The van der Waals surface area contributed by atoms with Gasteiger partial charge >= 0.3 is 0 Å². The molecule has 1 heterocycles. The summed E-state index contributed by atoms with van der Waals surface area (Å²) in [6, 6.07) is 5.55. The van der Waals surface area contributed by atoms with Crippen LogP contribution >= 0.6 is 0 Å². The molecule has 2 amide bonds. The van der Waals surface area contributed by atoms with Gasteiger partial charge < -0.3 is 10.6 Å². The number of nitrogens with two attached hydrogens (primary N) is 1. The lowest BCUT2D eigenvalue weighted by molar-refractivity contribution is -0.384. The van der Waals surface area contributed by atoms with Crippen LogP contribution in [-0.4, -0.2) is 35.9 Å². The van der Waals surface area contributed by atoms with Gasteiger partial charge in [0.05, 0.1) is 11.5 Å². The first-order valence-electron chi connectivity index (χ1n) is 6.58. The molecular weight excluding hydrogens is 276 g/mol. The lowest BCUT2D eigenvalue weighted by Crippen LogP contribution is -2.47. The predicted molar refractivity (Wildman–Crippen MR) is 75.7 cm³/mol. The van der Waals surface area contributed by atoms with Crippen molar-refractivity contribution in [3.05, 3.63) is 34.4 Å². The summed E-state index contributed by atoms with van der Waals surface area (Å²) in [6.07, 6.45) is 1.44. The molecule has 1 aromatic rings. The number of nitro benzene ring substituents is 1. The van der Waals surface area contributed by atoms with Crippen LogP contribution in [0.5, 0.6) is 0 Å². The molecule has 1 saturated heterocycles. The molecule has 1 aromatic carbocycles. The molecule has 8 nitrogen and oxygen atoms in total. The van der Waals surface area contributed by atoms with Gasteiger partial charge in [-0.2, -0.15) is 0 Å². The fourth-order valence-corrected chi connectivity index (χ4v) is 2.39. The normalized spacial score (nSPS) is 17.6. The van der Waals surface area contributed by atoms with Gasteiger partial charge in [0.25, 0.3) is 5.69 Å². The van der Waals surface area contributed by atoms with Gasteiger partial charge in [0.15, 0.2) is 0 Å². The summed E-state index contributed by atoms with van der Waals surface area (Å²) in [5, 5.41) is 12.9. The molecule has 0 bridgehead atoms. The van der Waals surface area contributed by atoms with Crippen molar-refractivity contribution in [1.29, 1.82) is 0 Å². The zero-order valence-corrected chi connectivity index (χ0v) is 11.3. The summed E-state index contributed by atoms with van der Waals surface area (Å²) in [5.74, 6) is -0.906. The maximum absolute atomic E-state index is 12.0. The van der Waals surface area contributed by atoms with E-state index in [1.54, 1.807) is 12.1 Å². The fraction of sp³-hybridized carbons (Fsp3) is 0.385. The highest BCUT2D eigenvalue weighted by molar-refractivity contribution is 6.00. The predicted octanol–water partition coefficient (Wildman–Crippen LogP) is 0.165. The summed E-state index contributed by atoms with van der Waals surface area (Å²) in [5.41, 5.74) is 5.89. The first-order chi connectivity index (χ1) is 10.0. The van der Waals surface area contributed by atoms with Crippen LogP contribution in [-0.2, 0) is 9.59 Å². The van der Waals surface area contributed by atoms with E-state index in [1.807, 2.05) is 4.90 Å². The fourth-order valence-electron chi connectivity index (χ4n) is 2.39. The Bertz CT molecular complexity index is 558. The summed E-state index contributed by atoms with van der Waals surface area (Å²) in [4.78, 5) is 35.2. The van der Waals surface area contributed by atoms with Gasteiger partial charge in [0.1, 0.15) is 6.04 Å². The molecule has 3 N–H and O–H groups in total. The number of hydrogen-bond donors (Lipinski definition) is 2. The number of nitrogens with zero attached hydrogens (tertiary/aromatic N) is 2. The topological polar surface area (TPSA) is 119 Å². The van der Waals surface area contributed by atoms with E-state index in [0.717, 1.165) is 12.1 Å². The maximum atomic E-state index is 12.0. The Morgan fingerprint density at radius 3 is 2.62 bits per heavy atom. The Labute approximate surface area is 121 Å². The van der Waals surface area contributed by atoms with Crippen LogP contribution < -0.4 is 16.0 Å². The van der Waals surface area contributed by atoms with Gasteiger partial charge in [-0.3, -0.25) is 25.0 Å². The van der Waals surface area contributed by atoms with E-state index in [9.17, 15) is 19.7 Å². The van der Waals surface area contributed by atoms with Crippen molar-refractivity contribution in [2.45, 2.75) is 18.9 Å². The molecule has 0 spiro atoms. The van der Waals surface area contributed by atoms with E-state index in [4.69, 9.17) is 5.73 Å². The van der Waals surface area contributed by atoms with Crippen molar-refractivity contribution >= 4 is 23.2 Å². The van der Waals surface area contributed by atoms with E-state index in [2.05, 4.69) is 5.32 Å². The summed E-state index contributed by atoms with van der Waals surface area (Å²) >= 11 is 0. The van der Waals surface area contributed by atoms with Gasteiger partial charge in [-0.1, -0.05) is 0 Å². The molecule has 0 aromatic heterocycles. The summed E-state index contributed by atoms with van der Waals surface area (Å²) in [7, 11) is 0. The van der Waals surface area contributed by atoms with Crippen molar-refractivity contribution in [1.82, 2.24) is 5.32 Å². The number of nitrogens with one attached hydrogen (secondary N) is 1. The maximum Gasteiger partial charge on any atom is 0.269 e. The second-order valence-electron chi connectivity index (χ2n) is 4.74. The number of non-ortho nitro benzene ring substituents is 1. The lowest BCUT2D eigenvalue weighted by Gasteiger charge is -2.25. The molecule has 0 saturated carbocycles. The average molecular weight is 292 g/mol. The van der Waals surface area contributed by atoms with Gasteiger partial charge in [-0.25, -0.2) is 0 Å². The zero-order chi connectivity index (χ0) is 15.4. The largest absolute Gasteiger partial charge is 0.360 e. The Kier molecular flexibility index (Phi) is 4.49. The Morgan fingerprint density at radius 1 is 1.38 bits per heavy atom. The van der Waals surface area contributed by atoms with E-state index >= 15 is 0 Å². The van der Waals surface area contributed by atoms with Crippen LogP contribution in [0.3, 0.4) is 0 Å². The quantitative estimate of drug-likeness (QED) is 0.603. The van der Waals surface area contributed by atoms with Crippen LogP contribution in [0.15, 0.2) is 24.3 Å². The Morgan fingerprint density at radius 2 is 2.05 bits per heavy atom.